The molecular weight excluding hydrogens is 454 g/mol. The van der Waals surface area contributed by atoms with Crippen LogP contribution in [0, 0.1) is 0 Å². The van der Waals surface area contributed by atoms with Gasteiger partial charge in [-0.15, -0.1) is 0 Å². The molecule has 0 fully saturated rings. The third kappa shape index (κ3) is 6.03. The molecule has 1 heterocycles. The summed E-state index contributed by atoms with van der Waals surface area (Å²) in [6.07, 6.45) is 2.24. The number of imide groups is 1. The maximum atomic E-state index is 13.2. The van der Waals surface area contributed by atoms with E-state index in [1.807, 2.05) is 19.1 Å². The van der Waals surface area contributed by atoms with Crippen LogP contribution in [-0.2, 0) is 16.1 Å². The average Bonchev–Trinajstić information content (AvgIpc) is 3.08. The topological polar surface area (TPSA) is 86.8 Å². The van der Waals surface area contributed by atoms with E-state index in [1.54, 1.807) is 43.3 Å². The van der Waals surface area contributed by atoms with Gasteiger partial charge in [-0.1, -0.05) is 49.2 Å². The summed E-state index contributed by atoms with van der Waals surface area (Å²) in [6, 6.07) is 13.2. The first-order valence-electron chi connectivity index (χ1n) is 11.6. The first kappa shape index (κ1) is 25.4. The summed E-state index contributed by atoms with van der Waals surface area (Å²) in [4.78, 5) is 53.7. The zero-order valence-corrected chi connectivity index (χ0v) is 20.3. The maximum Gasteiger partial charge on any atom is 0.261 e. The van der Waals surface area contributed by atoms with Crippen molar-refractivity contribution in [1.29, 1.82) is 0 Å². The molecule has 3 rings (SSSR count). The van der Waals surface area contributed by atoms with Gasteiger partial charge in [-0.05, 0) is 49.6 Å². The van der Waals surface area contributed by atoms with Crippen molar-refractivity contribution < 1.29 is 19.2 Å². The van der Waals surface area contributed by atoms with Crippen LogP contribution in [0.5, 0.6) is 0 Å². The average molecular weight is 484 g/mol. The van der Waals surface area contributed by atoms with Crippen molar-refractivity contribution in [3.63, 3.8) is 0 Å². The Bertz CT molecular complexity index is 1020. The second-order valence-corrected chi connectivity index (χ2v) is 8.82. The molecule has 180 valence electrons. The zero-order chi connectivity index (χ0) is 24.7. The number of fused-ring (bicyclic) bond motifs is 1. The van der Waals surface area contributed by atoms with Crippen molar-refractivity contribution in [2.45, 2.75) is 52.1 Å². The fourth-order valence-corrected chi connectivity index (χ4v) is 4.01. The van der Waals surface area contributed by atoms with Crippen molar-refractivity contribution in [1.82, 2.24) is 15.1 Å². The highest BCUT2D eigenvalue weighted by molar-refractivity contribution is 6.30. The van der Waals surface area contributed by atoms with E-state index in [-0.39, 0.29) is 43.1 Å². The van der Waals surface area contributed by atoms with Gasteiger partial charge in [0.2, 0.25) is 11.8 Å². The molecule has 0 unspecified atom stereocenters. The van der Waals surface area contributed by atoms with Gasteiger partial charge in [0.05, 0.1) is 11.1 Å². The van der Waals surface area contributed by atoms with Crippen LogP contribution in [0.15, 0.2) is 48.5 Å². The van der Waals surface area contributed by atoms with Crippen molar-refractivity contribution in [3.8, 4) is 0 Å². The highest BCUT2D eigenvalue weighted by Crippen LogP contribution is 2.23. The number of nitrogens with one attached hydrogen (secondary N) is 1. The quantitative estimate of drug-likeness (QED) is 0.386. The third-order valence-electron chi connectivity index (χ3n) is 5.91. The highest BCUT2D eigenvalue weighted by Gasteiger charge is 2.35. The Morgan fingerprint density at radius 1 is 1.00 bits per heavy atom. The molecule has 4 amide bonds. The molecule has 1 aliphatic rings. The summed E-state index contributed by atoms with van der Waals surface area (Å²) >= 11 is 5.98. The number of rotatable bonds is 11. The molecule has 0 bridgehead atoms. The van der Waals surface area contributed by atoms with Crippen LogP contribution in [0.2, 0.25) is 5.02 Å². The summed E-state index contributed by atoms with van der Waals surface area (Å²) in [7, 11) is 0. The Balaban J connectivity index is 1.64. The van der Waals surface area contributed by atoms with Crippen LogP contribution in [0.25, 0.3) is 0 Å². The summed E-state index contributed by atoms with van der Waals surface area (Å²) in [5.41, 5.74) is 1.63. The van der Waals surface area contributed by atoms with E-state index in [9.17, 15) is 19.2 Å². The molecule has 34 heavy (non-hydrogen) atoms. The van der Waals surface area contributed by atoms with Crippen molar-refractivity contribution >= 4 is 35.2 Å². The van der Waals surface area contributed by atoms with Crippen LogP contribution in [0.3, 0.4) is 0 Å². The number of unbranched alkanes of at least 4 members (excludes halogenated alkanes) is 1. The lowest BCUT2D eigenvalue weighted by atomic mass is 10.1. The molecule has 2 aromatic rings. The van der Waals surface area contributed by atoms with Gasteiger partial charge in [0, 0.05) is 31.1 Å². The lowest BCUT2D eigenvalue weighted by Gasteiger charge is -2.29. The SMILES string of the molecule is CCCCNC(=O)[C@H](C)N(Cc1ccc(Cl)cc1)C(=O)CCCN1C(=O)c2ccccc2C1=O. The molecule has 0 saturated heterocycles. The number of hydrogen-bond acceptors (Lipinski definition) is 4. The molecule has 2 aromatic carbocycles. The van der Waals surface area contributed by atoms with Crippen molar-refractivity contribution in [3.05, 3.63) is 70.2 Å². The Hall–Kier alpha value is -3.19. The second kappa shape index (κ2) is 11.8. The fourth-order valence-electron chi connectivity index (χ4n) is 3.88. The number of amides is 4. The van der Waals surface area contributed by atoms with E-state index in [2.05, 4.69) is 5.32 Å². The van der Waals surface area contributed by atoms with Gasteiger partial charge < -0.3 is 10.2 Å². The molecule has 0 saturated carbocycles. The normalized spacial score (nSPS) is 13.6. The Labute approximate surface area is 205 Å². The van der Waals surface area contributed by atoms with Gasteiger partial charge in [-0.3, -0.25) is 24.1 Å². The standard InChI is InChI=1S/C26H30ClN3O4/c1-3-4-15-28-24(32)18(2)30(17-19-11-13-20(27)14-12-19)23(31)10-7-16-29-25(33)21-8-5-6-9-22(21)26(29)34/h5-6,8-9,11-14,18H,3-4,7,10,15-17H2,1-2H3,(H,28,32)/t18-/m0/s1. The van der Waals surface area contributed by atoms with E-state index in [0.29, 0.717) is 29.1 Å². The zero-order valence-electron chi connectivity index (χ0n) is 19.6. The Morgan fingerprint density at radius 2 is 1.62 bits per heavy atom. The number of carbonyl (C=O) groups is 4. The molecule has 0 aromatic heterocycles. The smallest absolute Gasteiger partial charge is 0.261 e. The number of hydrogen-bond donors (Lipinski definition) is 1. The summed E-state index contributed by atoms with van der Waals surface area (Å²) in [6.45, 7) is 4.71. The van der Waals surface area contributed by atoms with Crippen molar-refractivity contribution in [2.24, 2.45) is 0 Å². The van der Waals surface area contributed by atoms with E-state index >= 15 is 0 Å². The van der Waals surface area contributed by atoms with Crippen LogP contribution in [0.1, 0.15) is 65.8 Å². The van der Waals surface area contributed by atoms with Gasteiger partial charge in [0.1, 0.15) is 6.04 Å². The monoisotopic (exact) mass is 483 g/mol. The van der Waals surface area contributed by atoms with E-state index in [4.69, 9.17) is 11.6 Å². The van der Waals surface area contributed by atoms with Crippen LogP contribution in [-0.4, -0.2) is 52.6 Å². The van der Waals surface area contributed by atoms with E-state index < -0.39 is 6.04 Å². The first-order valence-corrected chi connectivity index (χ1v) is 12.0. The lowest BCUT2D eigenvalue weighted by Crippen LogP contribution is -2.47. The minimum Gasteiger partial charge on any atom is -0.354 e. The fraction of sp³-hybridized carbons (Fsp3) is 0.385. The molecular formula is C26H30ClN3O4. The van der Waals surface area contributed by atoms with E-state index in [0.717, 1.165) is 18.4 Å². The number of benzene rings is 2. The molecule has 0 aliphatic carbocycles. The highest BCUT2D eigenvalue weighted by atomic mass is 35.5. The van der Waals surface area contributed by atoms with Crippen LogP contribution in [0.4, 0.5) is 0 Å². The number of nitrogens with zero attached hydrogens (tertiary/aromatic N) is 2. The molecule has 0 spiro atoms. The summed E-state index contributed by atoms with van der Waals surface area (Å²) < 4.78 is 0. The summed E-state index contributed by atoms with van der Waals surface area (Å²) in [5, 5.41) is 3.48. The molecule has 8 heteroatoms. The molecule has 1 aliphatic heterocycles. The predicted molar refractivity (Wildman–Crippen MR) is 130 cm³/mol. The minimum atomic E-state index is -0.667. The Morgan fingerprint density at radius 3 is 2.21 bits per heavy atom. The van der Waals surface area contributed by atoms with Crippen LogP contribution >= 0.6 is 11.6 Å². The number of halogens is 1. The van der Waals surface area contributed by atoms with Gasteiger partial charge in [0.15, 0.2) is 0 Å². The third-order valence-corrected chi connectivity index (χ3v) is 6.17. The van der Waals surface area contributed by atoms with Crippen molar-refractivity contribution in [2.75, 3.05) is 13.1 Å². The lowest BCUT2D eigenvalue weighted by molar-refractivity contribution is -0.140. The molecule has 7 nitrogen and oxygen atoms in total. The molecule has 1 N–H and O–H groups in total. The molecule has 0 radical (unpaired) electrons. The van der Waals surface area contributed by atoms with Gasteiger partial charge in [-0.25, -0.2) is 0 Å². The van der Waals surface area contributed by atoms with Gasteiger partial charge in [-0.2, -0.15) is 0 Å². The second-order valence-electron chi connectivity index (χ2n) is 8.38. The van der Waals surface area contributed by atoms with E-state index in [1.165, 1.54) is 9.80 Å². The first-order chi connectivity index (χ1) is 16.3. The van der Waals surface area contributed by atoms with Crippen LogP contribution < -0.4 is 5.32 Å². The Kier molecular flexibility index (Phi) is 8.82. The predicted octanol–water partition coefficient (Wildman–Crippen LogP) is 4.05. The van der Waals surface area contributed by atoms with Gasteiger partial charge >= 0.3 is 0 Å². The number of carbonyl (C=O) groups excluding carboxylic acids is 4. The maximum absolute atomic E-state index is 13.2. The summed E-state index contributed by atoms with van der Waals surface area (Å²) in [5.74, 6) is -1.11. The molecule has 1 atom stereocenters. The largest absolute Gasteiger partial charge is 0.354 e. The van der Waals surface area contributed by atoms with Gasteiger partial charge in [0.25, 0.3) is 11.8 Å². The minimum absolute atomic E-state index is 0.105.